The summed E-state index contributed by atoms with van der Waals surface area (Å²) < 4.78 is 0. The molecule has 4 heterocycles. The Morgan fingerprint density at radius 2 is 1.57 bits per heavy atom. The van der Waals surface area contributed by atoms with Crippen molar-refractivity contribution in [3.63, 3.8) is 0 Å². The summed E-state index contributed by atoms with van der Waals surface area (Å²) >= 11 is 0. The van der Waals surface area contributed by atoms with Gasteiger partial charge in [-0.25, -0.2) is 9.97 Å². The number of hydrogen-bond donors (Lipinski definition) is 0. The Morgan fingerprint density at radius 3 is 2.24 bits per heavy atom. The van der Waals surface area contributed by atoms with Crippen LogP contribution >= 0.6 is 0 Å². The first-order chi connectivity index (χ1) is 10.4. The van der Waals surface area contributed by atoms with Gasteiger partial charge in [-0.2, -0.15) is 0 Å². The summed E-state index contributed by atoms with van der Waals surface area (Å²) in [7, 11) is 0. The van der Waals surface area contributed by atoms with Crippen LogP contribution in [0.1, 0.15) is 5.56 Å². The fourth-order valence-corrected chi connectivity index (χ4v) is 3.58. The number of fused-ring (bicyclic) bond motifs is 1. The third-order valence-electron chi connectivity index (χ3n) is 4.55. The summed E-state index contributed by atoms with van der Waals surface area (Å²) in [5.41, 5.74) is 1.35. The predicted molar refractivity (Wildman–Crippen MR) is 80.7 cm³/mol. The van der Waals surface area contributed by atoms with Gasteiger partial charge >= 0.3 is 0 Å². The number of aromatic nitrogens is 3. The summed E-state index contributed by atoms with van der Waals surface area (Å²) in [5.74, 6) is 2.37. The van der Waals surface area contributed by atoms with Crippen molar-refractivity contribution < 1.29 is 0 Å². The molecule has 0 amide bonds. The van der Waals surface area contributed by atoms with Crippen LogP contribution in [0.2, 0.25) is 0 Å². The molecule has 0 bridgehead atoms. The minimum absolute atomic E-state index is 0.746. The minimum atomic E-state index is 0.746. The highest BCUT2D eigenvalue weighted by Crippen LogP contribution is 2.33. The molecule has 2 aliphatic rings. The maximum Gasteiger partial charge on any atom is 0.225 e. The second-order valence-corrected chi connectivity index (χ2v) is 6.02. The lowest BCUT2D eigenvalue weighted by Gasteiger charge is -2.21. The highest BCUT2D eigenvalue weighted by atomic mass is 15.3. The smallest absolute Gasteiger partial charge is 0.225 e. The predicted octanol–water partition coefficient (Wildman–Crippen LogP) is 1.44. The molecule has 0 aliphatic carbocycles. The Kier molecular flexibility index (Phi) is 3.27. The first-order valence-corrected chi connectivity index (χ1v) is 7.52. The normalized spacial score (nSPS) is 25.2. The largest absolute Gasteiger partial charge is 0.340 e. The van der Waals surface area contributed by atoms with Crippen LogP contribution in [-0.2, 0) is 6.54 Å². The van der Waals surface area contributed by atoms with E-state index in [1.165, 1.54) is 18.7 Å². The van der Waals surface area contributed by atoms with Crippen molar-refractivity contribution >= 4 is 5.95 Å². The quantitative estimate of drug-likeness (QED) is 0.852. The van der Waals surface area contributed by atoms with E-state index in [1.807, 2.05) is 30.9 Å². The monoisotopic (exact) mass is 281 g/mol. The molecule has 0 saturated carbocycles. The van der Waals surface area contributed by atoms with Gasteiger partial charge in [0.25, 0.3) is 0 Å². The molecule has 2 atom stereocenters. The Labute approximate surface area is 124 Å². The van der Waals surface area contributed by atoms with Gasteiger partial charge in [0, 0.05) is 57.5 Å². The first kappa shape index (κ1) is 12.7. The van der Waals surface area contributed by atoms with Crippen LogP contribution in [-0.4, -0.2) is 46.0 Å². The van der Waals surface area contributed by atoms with E-state index in [2.05, 4.69) is 36.9 Å². The molecule has 2 saturated heterocycles. The number of hydrogen-bond acceptors (Lipinski definition) is 5. The van der Waals surface area contributed by atoms with Crippen molar-refractivity contribution in [3.05, 3.63) is 48.5 Å². The van der Waals surface area contributed by atoms with Crippen molar-refractivity contribution in [3.8, 4) is 0 Å². The first-order valence-electron chi connectivity index (χ1n) is 7.52. The second kappa shape index (κ2) is 5.41. The van der Waals surface area contributed by atoms with E-state index in [4.69, 9.17) is 0 Å². The van der Waals surface area contributed by atoms with Crippen molar-refractivity contribution in [2.24, 2.45) is 11.8 Å². The van der Waals surface area contributed by atoms with Crippen molar-refractivity contribution in [1.82, 2.24) is 19.9 Å². The molecule has 2 fully saturated rings. The van der Waals surface area contributed by atoms with Crippen LogP contribution in [0.15, 0.2) is 43.0 Å². The summed E-state index contributed by atoms with van der Waals surface area (Å²) in [6.45, 7) is 5.56. The molecule has 0 N–H and O–H groups in total. The SMILES string of the molecule is c1cnc(N2C[C@@H]3CN(Cc4ccncc4)C[C@H]3C2)nc1. The standard InChI is InChI=1S/C16H19N5/c1-4-18-16(19-5-1)21-11-14-9-20(10-15(14)12-21)8-13-2-6-17-7-3-13/h1-7,14-15H,8-12H2/t14-,15-/m0/s1. The number of nitrogens with zero attached hydrogens (tertiary/aromatic N) is 5. The molecule has 2 aromatic heterocycles. The Bertz CT molecular complexity index is 574. The molecule has 108 valence electrons. The van der Waals surface area contributed by atoms with Crippen molar-refractivity contribution in [1.29, 1.82) is 0 Å². The van der Waals surface area contributed by atoms with Crippen LogP contribution in [0.5, 0.6) is 0 Å². The third-order valence-corrected chi connectivity index (χ3v) is 4.55. The topological polar surface area (TPSA) is 45.2 Å². The molecule has 0 spiro atoms. The molecule has 2 aromatic rings. The fraction of sp³-hybridized carbons (Fsp3) is 0.438. The summed E-state index contributed by atoms with van der Waals surface area (Å²) in [5, 5.41) is 0. The Hall–Kier alpha value is -2.01. The lowest BCUT2D eigenvalue weighted by atomic mass is 10.0. The molecule has 0 radical (unpaired) electrons. The Balaban J connectivity index is 1.37. The molecule has 21 heavy (non-hydrogen) atoms. The van der Waals surface area contributed by atoms with E-state index in [0.29, 0.717) is 0 Å². The average molecular weight is 281 g/mol. The maximum atomic E-state index is 4.37. The van der Waals surface area contributed by atoms with E-state index in [0.717, 1.165) is 37.4 Å². The molecular weight excluding hydrogens is 262 g/mol. The van der Waals surface area contributed by atoms with E-state index in [-0.39, 0.29) is 0 Å². The summed E-state index contributed by atoms with van der Waals surface area (Å²) in [6, 6.07) is 6.09. The molecule has 2 aliphatic heterocycles. The van der Waals surface area contributed by atoms with Gasteiger partial charge in [-0.3, -0.25) is 9.88 Å². The lowest BCUT2D eigenvalue weighted by molar-refractivity contribution is 0.308. The highest BCUT2D eigenvalue weighted by molar-refractivity contribution is 5.31. The second-order valence-electron chi connectivity index (χ2n) is 6.02. The zero-order chi connectivity index (χ0) is 14.1. The number of pyridine rings is 1. The van der Waals surface area contributed by atoms with E-state index < -0.39 is 0 Å². The lowest BCUT2D eigenvalue weighted by Crippen LogP contribution is -2.29. The molecule has 5 nitrogen and oxygen atoms in total. The molecule has 0 aromatic carbocycles. The van der Waals surface area contributed by atoms with Crippen LogP contribution in [0.25, 0.3) is 0 Å². The van der Waals surface area contributed by atoms with Crippen LogP contribution in [0, 0.1) is 11.8 Å². The van der Waals surface area contributed by atoms with E-state index in [1.54, 1.807) is 0 Å². The maximum absolute atomic E-state index is 4.37. The van der Waals surface area contributed by atoms with Crippen molar-refractivity contribution in [2.45, 2.75) is 6.54 Å². The van der Waals surface area contributed by atoms with Gasteiger partial charge in [0.15, 0.2) is 0 Å². The van der Waals surface area contributed by atoms with Crippen LogP contribution < -0.4 is 4.90 Å². The zero-order valence-electron chi connectivity index (χ0n) is 12.0. The molecule has 0 unspecified atom stereocenters. The van der Waals surface area contributed by atoms with E-state index in [9.17, 15) is 0 Å². The fourth-order valence-electron chi connectivity index (χ4n) is 3.58. The summed E-state index contributed by atoms with van der Waals surface area (Å²) in [6.07, 6.45) is 7.40. The summed E-state index contributed by atoms with van der Waals surface area (Å²) in [4.78, 5) is 17.7. The molecule has 5 heteroatoms. The zero-order valence-corrected chi connectivity index (χ0v) is 12.0. The van der Waals surface area contributed by atoms with Gasteiger partial charge in [-0.05, 0) is 35.6 Å². The molecular formula is C16H19N5. The van der Waals surface area contributed by atoms with Crippen molar-refractivity contribution in [2.75, 3.05) is 31.1 Å². The van der Waals surface area contributed by atoms with Gasteiger partial charge in [0.05, 0.1) is 0 Å². The number of likely N-dealkylation sites (tertiary alicyclic amines) is 1. The van der Waals surface area contributed by atoms with Gasteiger partial charge in [0.2, 0.25) is 5.95 Å². The Morgan fingerprint density at radius 1 is 0.905 bits per heavy atom. The van der Waals surface area contributed by atoms with Gasteiger partial charge < -0.3 is 4.90 Å². The minimum Gasteiger partial charge on any atom is -0.340 e. The number of rotatable bonds is 3. The van der Waals surface area contributed by atoms with Gasteiger partial charge in [-0.15, -0.1) is 0 Å². The van der Waals surface area contributed by atoms with Gasteiger partial charge in [0.1, 0.15) is 0 Å². The third kappa shape index (κ3) is 2.61. The number of anilines is 1. The average Bonchev–Trinajstić information content (AvgIpc) is 3.07. The molecule has 4 rings (SSSR count). The van der Waals surface area contributed by atoms with Crippen LogP contribution in [0.3, 0.4) is 0 Å². The highest BCUT2D eigenvalue weighted by Gasteiger charge is 2.40. The van der Waals surface area contributed by atoms with E-state index >= 15 is 0 Å². The van der Waals surface area contributed by atoms with Gasteiger partial charge in [-0.1, -0.05) is 0 Å². The van der Waals surface area contributed by atoms with Crippen LogP contribution in [0.4, 0.5) is 5.95 Å².